The smallest absolute Gasteiger partial charge is 0.331 e. The summed E-state index contributed by atoms with van der Waals surface area (Å²) >= 11 is 0. The first-order valence-electron chi connectivity index (χ1n) is 5.59. The average Bonchev–Trinajstić information content (AvgIpc) is 2.25. The van der Waals surface area contributed by atoms with Gasteiger partial charge in [-0.25, -0.2) is 4.79 Å². The molecule has 17 heavy (non-hydrogen) atoms. The molecular formula is C11H23ClN2O3. The fraction of sp³-hybridized carbons (Fsp3) is 0.818. The minimum absolute atomic E-state index is 0. The lowest BCUT2D eigenvalue weighted by Crippen LogP contribution is -2.52. The van der Waals surface area contributed by atoms with Crippen molar-refractivity contribution >= 4 is 24.3 Å². The summed E-state index contributed by atoms with van der Waals surface area (Å²) < 4.78 is 4.69. The summed E-state index contributed by atoms with van der Waals surface area (Å²) in [6.07, 6.45) is 2.32. The van der Waals surface area contributed by atoms with Crippen LogP contribution >= 0.6 is 12.4 Å². The summed E-state index contributed by atoms with van der Waals surface area (Å²) in [4.78, 5) is 23.1. The largest absolute Gasteiger partial charge is 0.467 e. The highest BCUT2D eigenvalue weighted by molar-refractivity contribution is 5.87. The quantitative estimate of drug-likeness (QED) is 0.674. The highest BCUT2D eigenvalue weighted by Crippen LogP contribution is 2.14. The number of ether oxygens (including phenoxy) is 1. The van der Waals surface area contributed by atoms with Crippen molar-refractivity contribution in [2.75, 3.05) is 13.7 Å². The molecule has 0 aliphatic rings. The Labute approximate surface area is 109 Å². The number of hydrogen-bond acceptors (Lipinski definition) is 4. The third-order valence-corrected chi connectivity index (χ3v) is 2.41. The minimum Gasteiger partial charge on any atom is -0.467 e. The third kappa shape index (κ3) is 6.48. The Morgan fingerprint density at radius 1 is 1.41 bits per heavy atom. The molecule has 0 radical (unpaired) electrons. The van der Waals surface area contributed by atoms with Gasteiger partial charge < -0.3 is 15.8 Å². The highest BCUT2D eigenvalue weighted by Gasteiger charge is 2.34. The third-order valence-electron chi connectivity index (χ3n) is 2.41. The van der Waals surface area contributed by atoms with Crippen molar-refractivity contribution in [3.05, 3.63) is 0 Å². The van der Waals surface area contributed by atoms with Crippen LogP contribution in [0, 0.1) is 0 Å². The number of carbonyl (C=O) groups excluding carboxylic acids is 2. The van der Waals surface area contributed by atoms with E-state index in [1.165, 1.54) is 7.11 Å². The Bertz CT molecular complexity index is 249. The number of nitrogens with two attached hydrogens (primary N) is 1. The van der Waals surface area contributed by atoms with Gasteiger partial charge in [-0.15, -0.1) is 12.4 Å². The van der Waals surface area contributed by atoms with Gasteiger partial charge in [-0.05, 0) is 26.3 Å². The second-order valence-electron chi connectivity index (χ2n) is 4.01. The fourth-order valence-electron chi connectivity index (χ4n) is 1.57. The van der Waals surface area contributed by atoms with E-state index in [4.69, 9.17) is 10.5 Å². The van der Waals surface area contributed by atoms with Crippen molar-refractivity contribution in [3.8, 4) is 0 Å². The molecule has 0 aliphatic heterocycles. The molecule has 102 valence electrons. The summed E-state index contributed by atoms with van der Waals surface area (Å²) in [7, 11) is 1.32. The molecule has 0 fully saturated rings. The van der Waals surface area contributed by atoms with Crippen molar-refractivity contribution in [2.45, 2.75) is 45.1 Å². The van der Waals surface area contributed by atoms with Crippen molar-refractivity contribution in [2.24, 2.45) is 5.73 Å². The predicted molar refractivity (Wildman–Crippen MR) is 69.0 cm³/mol. The normalized spacial score (nSPS) is 13.2. The maximum Gasteiger partial charge on any atom is 0.331 e. The molecule has 0 rings (SSSR count). The van der Waals surface area contributed by atoms with E-state index < -0.39 is 11.5 Å². The van der Waals surface area contributed by atoms with Crippen LogP contribution in [0.5, 0.6) is 0 Å². The zero-order valence-corrected chi connectivity index (χ0v) is 11.6. The van der Waals surface area contributed by atoms with Crippen LogP contribution in [-0.2, 0) is 14.3 Å². The van der Waals surface area contributed by atoms with Gasteiger partial charge in [0.1, 0.15) is 5.54 Å². The summed E-state index contributed by atoms with van der Waals surface area (Å²) in [6.45, 7) is 4.10. The molecule has 0 saturated carbocycles. The Hall–Kier alpha value is -0.810. The number of carbonyl (C=O) groups is 2. The molecule has 1 unspecified atom stereocenters. The monoisotopic (exact) mass is 266 g/mol. The SMILES string of the molecule is CCCC(C)(NC(=O)CCCN)C(=O)OC.Cl. The molecule has 1 amide bonds. The van der Waals surface area contributed by atoms with Crippen LogP contribution in [0.2, 0.25) is 0 Å². The molecule has 1 atom stereocenters. The summed E-state index contributed by atoms with van der Waals surface area (Å²) in [6, 6.07) is 0. The number of nitrogens with one attached hydrogen (secondary N) is 1. The predicted octanol–water partition coefficient (Wildman–Crippen LogP) is 0.995. The topological polar surface area (TPSA) is 81.4 Å². The second kappa shape index (κ2) is 9.24. The number of rotatable bonds is 7. The van der Waals surface area contributed by atoms with E-state index in [1.54, 1.807) is 6.92 Å². The van der Waals surface area contributed by atoms with E-state index in [1.807, 2.05) is 6.92 Å². The Balaban J connectivity index is 0. The second-order valence-corrected chi connectivity index (χ2v) is 4.01. The van der Waals surface area contributed by atoms with Gasteiger partial charge in [-0.2, -0.15) is 0 Å². The van der Waals surface area contributed by atoms with E-state index in [0.29, 0.717) is 25.8 Å². The number of esters is 1. The molecule has 0 aromatic rings. The molecule has 0 heterocycles. The van der Waals surface area contributed by atoms with Gasteiger partial charge in [-0.1, -0.05) is 13.3 Å². The van der Waals surface area contributed by atoms with E-state index in [-0.39, 0.29) is 18.3 Å². The number of amides is 1. The molecule has 0 bridgehead atoms. The molecule has 5 nitrogen and oxygen atoms in total. The Kier molecular flexibility index (Phi) is 10.1. The molecule has 0 aromatic heterocycles. The molecule has 3 N–H and O–H groups in total. The van der Waals surface area contributed by atoms with Gasteiger partial charge in [-0.3, -0.25) is 4.79 Å². The van der Waals surface area contributed by atoms with Crippen LogP contribution in [0.3, 0.4) is 0 Å². The maximum atomic E-state index is 11.6. The average molecular weight is 267 g/mol. The fourth-order valence-corrected chi connectivity index (χ4v) is 1.57. The van der Waals surface area contributed by atoms with Crippen LogP contribution < -0.4 is 11.1 Å². The lowest BCUT2D eigenvalue weighted by atomic mass is 9.96. The number of methoxy groups -OCH3 is 1. The van der Waals surface area contributed by atoms with Crippen molar-refractivity contribution in [1.82, 2.24) is 5.32 Å². The lowest BCUT2D eigenvalue weighted by molar-refractivity contribution is -0.150. The van der Waals surface area contributed by atoms with E-state index >= 15 is 0 Å². The van der Waals surface area contributed by atoms with E-state index in [0.717, 1.165) is 6.42 Å². The molecule has 0 aliphatic carbocycles. The summed E-state index contributed by atoms with van der Waals surface area (Å²) in [5, 5.41) is 2.71. The van der Waals surface area contributed by atoms with Gasteiger partial charge in [0.2, 0.25) is 5.91 Å². The van der Waals surface area contributed by atoms with Gasteiger partial charge in [0.25, 0.3) is 0 Å². The van der Waals surface area contributed by atoms with Crippen LogP contribution in [0.25, 0.3) is 0 Å². The summed E-state index contributed by atoms with van der Waals surface area (Å²) in [5.41, 5.74) is 4.39. The maximum absolute atomic E-state index is 11.6. The number of hydrogen-bond donors (Lipinski definition) is 2. The standard InChI is InChI=1S/C11H22N2O3.ClH/c1-4-7-11(2,10(15)16-3)13-9(14)6-5-8-12;/h4-8,12H2,1-3H3,(H,13,14);1H. The zero-order chi connectivity index (χ0) is 12.6. The summed E-state index contributed by atoms with van der Waals surface area (Å²) in [5.74, 6) is -0.567. The van der Waals surface area contributed by atoms with Crippen LogP contribution in [0.1, 0.15) is 39.5 Å². The number of halogens is 1. The van der Waals surface area contributed by atoms with Crippen molar-refractivity contribution in [1.29, 1.82) is 0 Å². The van der Waals surface area contributed by atoms with Gasteiger partial charge in [0, 0.05) is 6.42 Å². The lowest BCUT2D eigenvalue weighted by Gasteiger charge is -2.27. The minimum atomic E-state index is -0.921. The molecule has 0 spiro atoms. The van der Waals surface area contributed by atoms with Crippen LogP contribution in [0.15, 0.2) is 0 Å². The first-order valence-corrected chi connectivity index (χ1v) is 5.59. The Morgan fingerprint density at radius 2 is 2.00 bits per heavy atom. The first-order chi connectivity index (χ1) is 7.50. The molecule has 0 aromatic carbocycles. The van der Waals surface area contributed by atoms with Crippen LogP contribution in [-0.4, -0.2) is 31.1 Å². The van der Waals surface area contributed by atoms with Crippen molar-refractivity contribution in [3.63, 3.8) is 0 Å². The zero-order valence-electron chi connectivity index (χ0n) is 10.7. The highest BCUT2D eigenvalue weighted by atomic mass is 35.5. The van der Waals surface area contributed by atoms with Gasteiger partial charge in [0.15, 0.2) is 0 Å². The first kappa shape index (κ1) is 18.6. The Morgan fingerprint density at radius 3 is 2.41 bits per heavy atom. The van der Waals surface area contributed by atoms with Crippen LogP contribution in [0.4, 0.5) is 0 Å². The van der Waals surface area contributed by atoms with E-state index in [2.05, 4.69) is 5.32 Å². The van der Waals surface area contributed by atoms with E-state index in [9.17, 15) is 9.59 Å². The molecule has 6 heteroatoms. The van der Waals surface area contributed by atoms with Crippen molar-refractivity contribution < 1.29 is 14.3 Å². The van der Waals surface area contributed by atoms with Gasteiger partial charge >= 0.3 is 5.97 Å². The molecule has 0 saturated heterocycles. The molecular weight excluding hydrogens is 244 g/mol. The van der Waals surface area contributed by atoms with Gasteiger partial charge in [0.05, 0.1) is 7.11 Å².